The molecule has 182 valence electrons. The van der Waals surface area contributed by atoms with Gasteiger partial charge in [0.05, 0.1) is 4.75 Å². The highest BCUT2D eigenvalue weighted by Gasteiger charge is 2.60. The summed E-state index contributed by atoms with van der Waals surface area (Å²) in [6, 6.07) is 9.72. The van der Waals surface area contributed by atoms with Crippen molar-refractivity contribution < 1.29 is 0 Å². The van der Waals surface area contributed by atoms with Crippen molar-refractivity contribution in [1.29, 1.82) is 0 Å². The van der Waals surface area contributed by atoms with Crippen LogP contribution in [-0.2, 0) is 20.3 Å². The van der Waals surface area contributed by atoms with Crippen molar-refractivity contribution in [2.45, 2.75) is 125 Å². The Balaban J connectivity index is 1.32. The molecule has 0 atom stereocenters. The van der Waals surface area contributed by atoms with Gasteiger partial charge in [0, 0.05) is 34.4 Å². The van der Waals surface area contributed by atoms with Crippen molar-refractivity contribution >= 4 is 47.1 Å². The number of thiophene rings is 2. The van der Waals surface area contributed by atoms with E-state index in [1.54, 1.807) is 9.75 Å². The van der Waals surface area contributed by atoms with Crippen LogP contribution in [0, 0.1) is 5.41 Å². The van der Waals surface area contributed by atoms with E-state index >= 15 is 0 Å². The maximum Gasteiger partial charge on any atom is 0.0508 e. The van der Waals surface area contributed by atoms with Gasteiger partial charge in [-0.25, -0.2) is 0 Å². The molecule has 1 aliphatic carbocycles. The Labute approximate surface area is 220 Å². The van der Waals surface area contributed by atoms with Crippen molar-refractivity contribution in [1.82, 2.24) is 0 Å². The van der Waals surface area contributed by atoms with Crippen LogP contribution in [0.15, 0.2) is 24.3 Å². The number of rotatable bonds is 3. The molecular weight excluding hydrogens is 477 g/mol. The molecule has 3 fully saturated rings. The van der Waals surface area contributed by atoms with Crippen LogP contribution in [0.4, 0.5) is 0 Å². The predicted molar refractivity (Wildman–Crippen MR) is 154 cm³/mol. The number of thioether (sulfide) groups is 1. The minimum Gasteiger partial charge on any atom is -0.167 e. The van der Waals surface area contributed by atoms with E-state index in [0.29, 0.717) is 20.3 Å². The molecule has 1 saturated carbocycles. The van der Waals surface area contributed by atoms with Gasteiger partial charge in [0.15, 0.2) is 0 Å². The molecule has 0 amide bonds. The van der Waals surface area contributed by atoms with E-state index in [9.17, 15) is 0 Å². The summed E-state index contributed by atoms with van der Waals surface area (Å²) in [4.78, 5) is 6.27. The Bertz CT molecular complexity index is 1010. The highest BCUT2D eigenvalue weighted by Crippen LogP contribution is 2.72. The second kappa shape index (κ2) is 7.80. The van der Waals surface area contributed by atoms with Gasteiger partial charge in [0.1, 0.15) is 0 Å². The third-order valence-corrected chi connectivity index (χ3v) is 16.0. The molecule has 2 bridgehead atoms. The molecule has 0 aromatic carbocycles. The second-order valence-electron chi connectivity index (χ2n) is 13.5. The maximum atomic E-state index is 5.37. The first kappa shape index (κ1) is 24.8. The number of hydrogen-bond donors (Lipinski definition) is 1. The quantitative estimate of drug-likeness (QED) is 0.394. The van der Waals surface area contributed by atoms with Gasteiger partial charge < -0.3 is 0 Å². The summed E-state index contributed by atoms with van der Waals surface area (Å²) in [6.45, 7) is 16.9. The fraction of sp³-hybridized carbons (Fsp3) is 0.724. The van der Waals surface area contributed by atoms with E-state index in [4.69, 9.17) is 12.6 Å². The van der Waals surface area contributed by atoms with Crippen LogP contribution in [0.2, 0.25) is 0 Å². The van der Waals surface area contributed by atoms with Crippen molar-refractivity contribution in [2.75, 3.05) is 0 Å². The largest absolute Gasteiger partial charge is 0.167 e. The smallest absolute Gasteiger partial charge is 0.0508 e. The number of fused-ring (bicyclic) bond motifs is 2. The zero-order valence-corrected chi connectivity index (χ0v) is 25.0. The first-order valence-corrected chi connectivity index (χ1v) is 15.7. The standard InChI is InChI=1S/C29H42S4/c1-24(2,3)20-8-9-21(31-20)26(7)12-14-27(30,15-13-26)22-10-11-23(32-22)28-16-18-29(33-28,19-17-28)25(4,5)6/h8-11,30H,12-19H2,1-7H3. The lowest BCUT2D eigenvalue weighted by Gasteiger charge is -2.42. The average molecular weight is 519 g/mol. The topological polar surface area (TPSA) is 0 Å². The summed E-state index contributed by atoms with van der Waals surface area (Å²) in [5.41, 5.74) is 0.943. The molecule has 4 heterocycles. The number of hydrogen-bond acceptors (Lipinski definition) is 4. The van der Waals surface area contributed by atoms with Gasteiger partial charge in [-0.15, -0.1) is 34.4 Å². The normalized spacial score (nSPS) is 37.1. The second-order valence-corrected chi connectivity index (χ2v) is 18.3. The summed E-state index contributed by atoms with van der Waals surface area (Å²) in [5.74, 6) is 0. The van der Waals surface area contributed by atoms with E-state index in [0.717, 1.165) is 0 Å². The predicted octanol–water partition coefficient (Wildman–Crippen LogP) is 10.1. The molecule has 0 nitrogen and oxygen atoms in total. The number of thiol groups is 1. The third-order valence-electron chi connectivity index (χ3n) is 9.26. The molecule has 2 aromatic rings. The van der Waals surface area contributed by atoms with Crippen molar-refractivity contribution in [3.05, 3.63) is 43.8 Å². The Morgan fingerprint density at radius 3 is 1.79 bits per heavy atom. The highest BCUT2D eigenvalue weighted by molar-refractivity contribution is 8.02. The van der Waals surface area contributed by atoms with Crippen LogP contribution in [0.3, 0.4) is 0 Å². The van der Waals surface area contributed by atoms with E-state index < -0.39 is 0 Å². The van der Waals surface area contributed by atoms with Gasteiger partial charge in [-0.05, 0) is 86.5 Å². The van der Waals surface area contributed by atoms with Gasteiger partial charge >= 0.3 is 0 Å². The molecular formula is C29H42S4. The highest BCUT2D eigenvalue weighted by atomic mass is 32.2. The zero-order chi connectivity index (χ0) is 23.9. The molecule has 0 radical (unpaired) electrons. The Kier molecular flexibility index (Phi) is 5.86. The molecule has 4 heteroatoms. The summed E-state index contributed by atoms with van der Waals surface area (Å²) < 4.78 is 0.908. The van der Waals surface area contributed by atoms with Crippen molar-refractivity contribution in [2.24, 2.45) is 5.41 Å². The van der Waals surface area contributed by atoms with Gasteiger partial charge in [-0.1, -0.05) is 48.5 Å². The molecule has 0 unspecified atom stereocenters. The van der Waals surface area contributed by atoms with Gasteiger partial charge in [0.2, 0.25) is 0 Å². The first-order chi connectivity index (χ1) is 15.2. The van der Waals surface area contributed by atoms with Crippen LogP contribution in [-0.4, -0.2) is 4.75 Å². The van der Waals surface area contributed by atoms with Crippen LogP contribution in [0.25, 0.3) is 0 Å². The minimum atomic E-state index is 0.0478. The fourth-order valence-electron chi connectivity index (χ4n) is 6.44. The lowest BCUT2D eigenvalue weighted by atomic mass is 9.69. The van der Waals surface area contributed by atoms with Gasteiger partial charge in [0.25, 0.3) is 0 Å². The Morgan fingerprint density at radius 1 is 0.697 bits per heavy atom. The first-order valence-electron chi connectivity index (χ1n) is 12.8. The molecule has 5 rings (SSSR count). The van der Waals surface area contributed by atoms with Crippen LogP contribution in [0.5, 0.6) is 0 Å². The zero-order valence-electron chi connectivity index (χ0n) is 21.6. The lowest BCUT2D eigenvalue weighted by molar-refractivity contribution is 0.229. The third kappa shape index (κ3) is 4.02. The Hall–Kier alpha value is 0.1000. The van der Waals surface area contributed by atoms with Crippen molar-refractivity contribution in [3.8, 4) is 0 Å². The van der Waals surface area contributed by atoms with E-state index in [1.807, 2.05) is 11.3 Å². The summed E-state index contributed by atoms with van der Waals surface area (Å²) >= 11 is 11.9. The molecule has 2 saturated heterocycles. The van der Waals surface area contributed by atoms with Crippen LogP contribution < -0.4 is 0 Å². The minimum absolute atomic E-state index is 0.0478. The molecule has 2 aromatic heterocycles. The lowest BCUT2D eigenvalue weighted by Crippen LogP contribution is -2.36. The van der Waals surface area contributed by atoms with E-state index in [2.05, 4.69) is 95.8 Å². The maximum absolute atomic E-state index is 5.37. The van der Waals surface area contributed by atoms with Crippen molar-refractivity contribution in [3.63, 3.8) is 0 Å². The van der Waals surface area contributed by atoms with E-state index in [1.165, 1.54) is 61.1 Å². The molecule has 0 N–H and O–H groups in total. The summed E-state index contributed by atoms with van der Waals surface area (Å²) in [5, 5.41) is 0. The molecule has 33 heavy (non-hydrogen) atoms. The molecule has 3 aliphatic rings. The molecule has 0 spiro atoms. The monoisotopic (exact) mass is 518 g/mol. The van der Waals surface area contributed by atoms with E-state index in [-0.39, 0.29) is 10.2 Å². The summed E-state index contributed by atoms with van der Waals surface area (Å²) in [7, 11) is 0. The van der Waals surface area contributed by atoms with Gasteiger partial charge in [-0.2, -0.15) is 12.6 Å². The Morgan fingerprint density at radius 2 is 1.27 bits per heavy atom. The SMILES string of the molecule is CC(C)(C)c1ccc(C2(C)CCC(S)(c3ccc(C45CCC(C(C)(C)C)(CC4)S5)s3)CC2)s1. The molecule has 2 aliphatic heterocycles. The van der Waals surface area contributed by atoms with Gasteiger partial charge in [-0.3, -0.25) is 0 Å². The van der Waals surface area contributed by atoms with Crippen LogP contribution >= 0.6 is 47.1 Å². The fourth-order valence-corrected chi connectivity index (χ4v) is 11.7. The summed E-state index contributed by atoms with van der Waals surface area (Å²) in [6.07, 6.45) is 10.3. The van der Waals surface area contributed by atoms with Crippen LogP contribution in [0.1, 0.15) is 119 Å². The average Bonchev–Trinajstić information content (AvgIpc) is 3.50.